The minimum Gasteiger partial charge on any atom is -0.467 e. The second-order valence-electron chi connectivity index (χ2n) is 4.08. The van der Waals surface area contributed by atoms with Crippen molar-refractivity contribution in [3.05, 3.63) is 24.2 Å². The molecule has 0 saturated carbocycles. The van der Waals surface area contributed by atoms with Crippen LogP contribution in [0.3, 0.4) is 0 Å². The summed E-state index contributed by atoms with van der Waals surface area (Å²) >= 11 is 0. The van der Waals surface area contributed by atoms with Crippen LogP contribution in [0.25, 0.3) is 0 Å². The second kappa shape index (κ2) is 9.65. The van der Waals surface area contributed by atoms with Gasteiger partial charge in [0.25, 0.3) is 0 Å². The third kappa shape index (κ3) is 7.70. The fourth-order valence-corrected chi connectivity index (χ4v) is 1.34. The van der Waals surface area contributed by atoms with Gasteiger partial charge >= 0.3 is 0 Å². The maximum Gasteiger partial charge on any atom is 0.239 e. The van der Waals surface area contributed by atoms with Gasteiger partial charge in [0, 0.05) is 13.1 Å². The topological polar surface area (TPSA) is 78.7 Å². The molecule has 0 atom stereocenters. The Kier molecular flexibility index (Phi) is 9.02. The molecule has 1 amide bonds. The number of furan rings is 1. The quantitative estimate of drug-likeness (QED) is 0.406. The molecule has 6 nitrogen and oxygen atoms in total. The van der Waals surface area contributed by atoms with Gasteiger partial charge in [-0.25, -0.2) is 0 Å². The number of aliphatic imine (C=N–C) groups is 1. The Balaban J connectivity index is 0.00000324. The summed E-state index contributed by atoms with van der Waals surface area (Å²) in [5.74, 6) is 1.31. The number of carbonyl (C=O) groups is 1. The van der Waals surface area contributed by atoms with Gasteiger partial charge in [0.15, 0.2) is 5.96 Å². The van der Waals surface area contributed by atoms with Crippen molar-refractivity contribution < 1.29 is 9.21 Å². The summed E-state index contributed by atoms with van der Waals surface area (Å²) in [6, 6.07) is 3.83. The van der Waals surface area contributed by atoms with Gasteiger partial charge in [-0.1, -0.05) is 0 Å². The number of carbonyl (C=O) groups excluding carboxylic acids is 1. The van der Waals surface area contributed by atoms with Crippen LogP contribution in [0, 0.1) is 0 Å². The number of hydrogen-bond acceptors (Lipinski definition) is 3. The lowest BCUT2D eigenvalue weighted by atomic mass is 10.4. The first-order chi connectivity index (χ1) is 8.61. The second-order valence-corrected chi connectivity index (χ2v) is 4.08. The van der Waals surface area contributed by atoms with Crippen LogP contribution < -0.4 is 16.0 Å². The fraction of sp³-hybridized carbons (Fsp3) is 0.500. The molecular weight excluding hydrogens is 359 g/mol. The molecule has 1 rings (SSSR count). The molecule has 108 valence electrons. The van der Waals surface area contributed by atoms with Crippen molar-refractivity contribution in [2.45, 2.75) is 26.4 Å². The summed E-state index contributed by atoms with van der Waals surface area (Å²) in [4.78, 5) is 15.4. The highest BCUT2D eigenvalue weighted by atomic mass is 127. The maximum atomic E-state index is 11.4. The minimum atomic E-state index is -0.0639. The first-order valence-electron chi connectivity index (χ1n) is 5.88. The number of rotatable bonds is 5. The summed E-state index contributed by atoms with van der Waals surface area (Å²) in [5, 5.41) is 8.76. The summed E-state index contributed by atoms with van der Waals surface area (Å²) < 4.78 is 5.18. The number of halogens is 1. The number of amides is 1. The van der Waals surface area contributed by atoms with E-state index >= 15 is 0 Å². The highest BCUT2D eigenvalue weighted by Crippen LogP contribution is 1.97. The Labute approximate surface area is 130 Å². The van der Waals surface area contributed by atoms with Gasteiger partial charge in [-0.2, -0.15) is 0 Å². The Morgan fingerprint density at radius 3 is 2.68 bits per heavy atom. The molecule has 0 saturated heterocycles. The Morgan fingerprint density at radius 1 is 1.42 bits per heavy atom. The van der Waals surface area contributed by atoms with Crippen LogP contribution >= 0.6 is 24.0 Å². The molecule has 0 aliphatic carbocycles. The van der Waals surface area contributed by atoms with Gasteiger partial charge in [-0.3, -0.25) is 9.79 Å². The molecule has 1 aromatic rings. The Bertz CT molecular complexity index is 390. The van der Waals surface area contributed by atoms with Crippen LogP contribution in [0.1, 0.15) is 19.6 Å². The lowest BCUT2D eigenvalue weighted by molar-refractivity contribution is -0.120. The molecule has 0 aromatic carbocycles. The standard InChI is InChI=1S/C12H20N4O2.HI/c1-9(2)16-11(17)8-15-12(13-3)14-7-10-5-4-6-18-10;/h4-6,9H,7-8H2,1-3H3,(H,16,17)(H2,13,14,15);1H. The van der Waals surface area contributed by atoms with E-state index < -0.39 is 0 Å². The van der Waals surface area contributed by atoms with Gasteiger partial charge in [0.2, 0.25) is 5.91 Å². The number of guanidine groups is 1. The van der Waals surface area contributed by atoms with Gasteiger partial charge in [0.05, 0.1) is 19.4 Å². The van der Waals surface area contributed by atoms with Crippen molar-refractivity contribution in [1.29, 1.82) is 0 Å². The molecule has 0 spiro atoms. The molecule has 3 N–H and O–H groups in total. The third-order valence-corrected chi connectivity index (χ3v) is 2.10. The highest BCUT2D eigenvalue weighted by molar-refractivity contribution is 14.0. The van der Waals surface area contributed by atoms with E-state index in [1.165, 1.54) is 0 Å². The predicted octanol–water partition coefficient (Wildman–Crippen LogP) is 1.09. The highest BCUT2D eigenvalue weighted by Gasteiger charge is 2.05. The Morgan fingerprint density at radius 2 is 2.16 bits per heavy atom. The van der Waals surface area contributed by atoms with E-state index in [0.29, 0.717) is 12.5 Å². The van der Waals surface area contributed by atoms with Crippen LogP contribution in [-0.2, 0) is 11.3 Å². The molecule has 0 unspecified atom stereocenters. The molecule has 0 radical (unpaired) electrons. The van der Waals surface area contributed by atoms with Gasteiger partial charge in [0.1, 0.15) is 5.76 Å². The van der Waals surface area contributed by atoms with E-state index in [2.05, 4.69) is 20.9 Å². The van der Waals surface area contributed by atoms with Crippen molar-refractivity contribution >= 4 is 35.8 Å². The monoisotopic (exact) mass is 380 g/mol. The molecule has 0 fully saturated rings. The van der Waals surface area contributed by atoms with Crippen molar-refractivity contribution in [2.75, 3.05) is 13.6 Å². The maximum absolute atomic E-state index is 11.4. The molecule has 0 aliphatic heterocycles. The van der Waals surface area contributed by atoms with Crippen molar-refractivity contribution in [3.63, 3.8) is 0 Å². The molecule has 0 aliphatic rings. The lowest BCUT2D eigenvalue weighted by Crippen LogP contribution is -2.44. The minimum absolute atomic E-state index is 0. The normalized spacial score (nSPS) is 10.8. The molecule has 1 heterocycles. The average molecular weight is 380 g/mol. The molecule has 7 heteroatoms. The summed E-state index contributed by atoms with van der Waals surface area (Å²) in [6.45, 7) is 4.55. The lowest BCUT2D eigenvalue weighted by Gasteiger charge is -2.12. The number of nitrogens with one attached hydrogen (secondary N) is 3. The van der Waals surface area contributed by atoms with E-state index in [1.807, 2.05) is 26.0 Å². The zero-order valence-electron chi connectivity index (χ0n) is 11.4. The third-order valence-electron chi connectivity index (χ3n) is 2.10. The van der Waals surface area contributed by atoms with E-state index in [1.54, 1.807) is 13.3 Å². The number of hydrogen-bond donors (Lipinski definition) is 3. The van der Waals surface area contributed by atoms with Gasteiger partial charge in [-0.05, 0) is 26.0 Å². The van der Waals surface area contributed by atoms with Crippen LogP contribution in [0.2, 0.25) is 0 Å². The number of nitrogens with zero attached hydrogens (tertiary/aromatic N) is 1. The van der Waals surface area contributed by atoms with E-state index in [9.17, 15) is 4.79 Å². The smallest absolute Gasteiger partial charge is 0.239 e. The average Bonchev–Trinajstić information content (AvgIpc) is 2.81. The van der Waals surface area contributed by atoms with Crippen LogP contribution in [0.4, 0.5) is 0 Å². The van der Waals surface area contributed by atoms with E-state index in [-0.39, 0.29) is 42.5 Å². The summed E-state index contributed by atoms with van der Waals surface area (Å²) in [7, 11) is 1.65. The molecular formula is C12H21IN4O2. The van der Waals surface area contributed by atoms with Gasteiger partial charge in [-0.15, -0.1) is 24.0 Å². The zero-order valence-corrected chi connectivity index (χ0v) is 13.7. The fourth-order valence-electron chi connectivity index (χ4n) is 1.34. The van der Waals surface area contributed by atoms with Crippen LogP contribution in [0.15, 0.2) is 27.8 Å². The molecule has 1 aromatic heterocycles. The van der Waals surface area contributed by atoms with Gasteiger partial charge < -0.3 is 20.4 Å². The first-order valence-corrected chi connectivity index (χ1v) is 5.88. The SMILES string of the molecule is CN=C(NCC(=O)NC(C)C)NCc1ccco1.I. The largest absolute Gasteiger partial charge is 0.467 e. The predicted molar refractivity (Wildman–Crippen MR) is 85.6 cm³/mol. The van der Waals surface area contributed by atoms with Crippen molar-refractivity contribution in [1.82, 2.24) is 16.0 Å². The van der Waals surface area contributed by atoms with E-state index in [4.69, 9.17) is 4.42 Å². The first kappa shape index (κ1) is 17.8. The van der Waals surface area contributed by atoms with Crippen LogP contribution in [0.5, 0.6) is 0 Å². The van der Waals surface area contributed by atoms with Crippen molar-refractivity contribution in [2.24, 2.45) is 4.99 Å². The zero-order chi connectivity index (χ0) is 13.4. The van der Waals surface area contributed by atoms with Crippen molar-refractivity contribution in [3.8, 4) is 0 Å². The van der Waals surface area contributed by atoms with Crippen LogP contribution in [-0.4, -0.2) is 31.5 Å². The van der Waals surface area contributed by atoms with E-state index in [0.717, 1.165) is 5.76 Å². The molecule has 0 bridgehead atoms. The molecule has 19 heavy (non-hydrogen) atoms. The summed E-state index contributed by atoms with van der Waals surface area (Å²) in [6.07, 6.45) is 1.61. The summed E-state index contributed by atoms with van der Waals surface area (Å²) in [5.41, 5.74) is 0. The Hall–Kier alpha value is -1.25.